The molecule has 4 rings (SSSR count). The van der Waals surface area contributed by atoms with Crippen molar-refractivity contribution >= 4 is 10.8 Å². The fourth-order valence-electron chi connectivity index (χ4n) is 4.78. The molecule has 1 nitrogen and oxygen atoms in total. The third kappa shape index (κ3) is 6.18. The van der Waals surface area contributed by atoms with Crippen molar-refractivity contribution in [2.45, 2.75) is 44.9 Å². The number of hydrogen-bond donors (Lipinski definition) is 0. The molecule has 0 spiro atoms. The molecule has 0 aliphatic heterocycles. The van der Waals surface area contributed by atoms with Gasteiger partial charge in [-0.2, -0.15) is 0 Å². The topological polar surface area (TPSA) is 9.23 Å². The fraction of sp³-hybridized carbons (Fsp3) is 0.379. The van der Waals surface area contributed by atoms with Gasteiger partial charge in [-0.05, 0) is 83.8 Å². The largest absolute Gasteiger partial charge is 0.385 e. The molecule has 33 heavy (non-hydrogen) atoms. The summed E-state index contributed by atoms with van der Waals surface area (Å²) >= 11 is 0. The zero-order valence-electron chi connectivity index (χ0n) is 19.0. The minimum atomic E-state index is -0.622. The summed E-state index contributed by atoms with van der Waals surface area (Å²) in [7, 11) is 1.74. The summed E-state index contributed by atoms with van der Waals surface area (Å²) in [5.74, 6) is 5.30. The van der Waals surface area contributed by atoms with Crippen molar-refractivity contribution in [2.75, 3.05) is 13.7 Å². The van der Waals surface area contributed by atoms with Crippen molar-refractivity contribution in [3.8, 4) is 11.8 Å². The van der Waals surface area contributed by atoms with Gasteiger partial charge in [-0.25, -0.2) is 13.2 Å². The number of aryl methyl sites for hydroxylation is 1. The van der Waals surface area contributed by atoms with Crippen LogP contribution in [0.15, 0.2) is 48.5 Å². The van der Waals surface area contributed by atoms with Crippen LogP contribution in [0.5, 0.6) is 0 Å². The predicted octanol–water partition coefficient (Wildman–Crippen LogP) is 7.43. The molecule has 3 aromatic carbocycles. The number of hydrogen-bond acceptors (Lipinski definition) is 1. The number of ether oxygens (including phenoxy) is 1. The maximum absolute atomic E-state index is 14.7. The van der Waals surface area contributed by atoms with Gasteiger partial charge in [0.2, 0.25) is 0 Å². The van der Waals surface area contributed by atoms with E-state index in [1.54, 1.807) is 31.4 Å². The van der Waals surface area contributed by atoms with E-state index in [2.05, 4.69) is 11.8 Å². The summed E-state index contributed by atoms with van der Waals surface area (Å²) in [5, 5.41) is 1.58. The minimum absolute atomic E-state index is 0.211. The molecule has 0 atom stereocenters. The van der Waals surface area contributed by atoms with Crippen molar-refractivity contribution in [1.29, 1.82) is 0 Å². The summed E-state index contributed by atoms with van der Waals surface area (Å²) in [6.07, 6.45) is 7.56. The molecule has 3 aromatic rings. The Labute approximate surface area is 194 Å². The number of halogens is 3. The monoisotopic (exact) mass is 450 g/mol. The van der Waals surface area contributed by atoms with Gasteiger partial charge in [0.05, 0.1) is 5.56 Å². The van der Waals surface area contributed by atoms with Crippen LogP contribution in [0, 0.1) is 41.1 Å². The molecule has 1 aliphatic carbocycles. The summed E-state index contributed by atoms with van der Waals surface area (Å²) in [4.78, 5) is 0. The van der Waals surface area contributed by atoms with Crippen LogP contribution in [0.25, 0.3) is 10.8 Å². The highest BCUT2D eigenvalue weighted by Gasteiger charge is 2.21. The second kappa shape index (κ2) is 10.9. The van der Waals surface area contributed by atoms with Gasteiger partial charge in [0.25, 0.3) is 0 Å². The lowest BCUT2D eigenvalue weighted by atomic mass is 9.78. The van der Waals surface area contributed by atoms with E-state index in [9.17, 15) is 13.2 Å². The van der Waals surface area contributed by atoms with Crippen LogP contribution >= 0.6 is 0 Å². The summed E-state index contributed by atoms with van der Waals surface area (Å²) < 4.78 is 47.8. The van der Waals surface area contributed by atoms with E-state index in [0.29, 0.717) is 23.5 Å². The van der Waals surface area contributed by atoms with Gasteiger partial charge in [-0.3, -0.25) is 0 Å². The smallest absolute Gasteiger partial charge is 0.142 e. The average Bonchev–Trinajstić information content (AvgIpc) is 2.81. The van der Waals surface area contributed by atoms with E-state index < -0.39 is 11.6 Å². The Morgan fingerprint density at radius 2 is 1.42 bits per heavy atom. The van der Waals surface area contributed by atoms with Crippen molar-refractivity contribution in [3.05, 3.63) is 82.7 Å². The molecule has 1 saturated carbocycles. The Hall–Kier alpha value is -2.77. The zero-order chi connectivity index (χ0) is 23.2. The van der Waals surface area contributed by atoms with Gasteiger partial charge in [-0.15, -0.1) is 0 Å². The Morgan fingerprint density at radius 1 is 0.788 bits per heavy atom. The van der Waals surface area contributed by atoms with E-state index in [1.807, 2.05) is 0 Å². The maximum Gasteiger partial charge on any atom is 0.142 e. The van der Waals surface area contributed by atoms with E-state index in [-0.39, 0.29) is 11.4 Å². The summed E-state index contributed by atoms with van der Waals surface area (Å²) in [6.45, 7) is 0.823. The van der Waals surface area contributed by atoms with Crippen LogP contribution in [-0.4, -0.2) is 13.7 Å². The van der Waals surface area contributed by atoms with Crippen LogP contribution < -0.4 is 0 Å². The van der Waals surface area contributed by atoms with Crippen molar-refractivity contribution in [3.63, 3.8) is 0 Å². The molecule has 0 radical (unpaired) electrons. The molecule has 0 aromatic heterocycles. The molecule has 172 valence electrons. The molecule has 0 N–H and O–H groups in total. The van der Waals surface area contributed by atoms with Gasteiger partial charge in [0, 0.05) is 19.3 Å². The van der Waals surface area contributed by atoms with Crippen LogP contribution in [0.1, 0.15) is 55.2 Å². The van der Waals surface area contributed by atoms with E-state index in [0.717, 1.165) is 36.1 Å². The first-order valence-electron chi connectivity index (χ1n) is 11.7. The Morgan fingerprint density at radius 3 is 2.12 bits per heavy atom. The lowest BCUT2D eigenvalue weighted by Crippen LogP contribution is -2.16. The second-order valence-corrected chi connectivity index (χ2v) is 9.10. The average molecular weight is 451 g/mol. The molecule has 0 unspecified atom stereocenters. The Kier molecular flexibility index (Phi) is 7.73. The molecule has 1 fully saturated rings. The Balaban J connectivity index is 1.39. The first-order valence-corrected chi connectivity index (χ1v) is 11.7. The van der Waals surface area contributed by atoms with Gasteiger partial charge in [0.15, 0.2) is 0 Å². The third-order valence-corrected chi connectivity index (χ3v) is 6.77. The summed E-state index contributed by atoms with van der Waals surface area (Å²) in [6, 6.07) is 12.6. The standard InChI is InChI=1S/C29H29F3O/c1-33-15-14-21-4-2-20(3-5-21)6-7-23-17-28(31)27(29(32)18-23)13-9-22-8-10-25-19-26(30)12-11-24(25)16-22/h8,10-12,16-21H,2-7,14-15H2,1H3. The van der Waals surface area contributed by atoms with Crippen molar-refractivity contribution in [1.82, 2.24) is 0 Å². The van der Waals surface area contributed by atoms with E-state index in [4.69, 9.17) is 4.74 Å². The predicted molar refractivity (Wildman–Crippen MR) is 127 cm³/mol. The van der Waals surface area contributed by atoms with Crippen molar-refractivity contribution in [2.24, 2.45) is 11.8 Å². The van der Waals surface area contributed by atoms with Crippen LogP contribution in [-0.2, 0) is 11.2 Å². The quantitative estimate of drug-likeness (QED) is 0.355. The summed E-state index contributed by atoms with van der Waals surface area (Å²) in [5.41, 5.74) is 1.10. The highest BCUT2D eigenvalue weighted by atomic mass is 19.1. The highest BCUT2D eigenvalue weighted by molar-refractivity contribution is 5.84. The molecule has 1 aliphatic rings. The highest BCUT2D eigenvalue weighted by Crippen LogP contribution is 2.33. The maximum atomic E-state index is 14.7. The number of fused-ring (bicyclic) bond motifs is 1. The first kappa shape index (κ1) is 23.4. The van der Waals surface area contributed by atoms with Gasteiger partial charge >= 0.3 is 0 Å². The first-order chi connectivity index (χ1) is 16.0. The van der Waals surface area contributed by atoms with Crippen LogP contribution in [0.2, 0.25) is 0 Å². The zero-order valence-corrected chi connectivity index (χ0v) is 19.0. The lowest BCUT2D eigenvalue weighted by Gasteiger charge is -2.28. The third-order valence-electron chi connectivity index (χ3n) is 6.77. The van der Waals surface area contributed by atoms with Crippen LogP contribution in [0.3, 0.4) is 0 Å². The Bertz CT molecular complexity index is 1140. The van der Waals surface area contributed by atoms with Gasteiger partial charge in [0.1, 0.15) is 17.5 Å². The molecule has 0 saturated heterocycles. The van der Waals surface area contributed by atoms with Gasteiger partial charge < -0.3 is 4.74 Å². The van der Waals surface area contributed by atoms with E-state index in [1.165, 1.54) is 49.9 Å². The molecule has 4 heteroatoms. The SMILES string of the molecule is COCCC1CCC(CCc2cc(F)c(C#Cc3ccc4cc(F)ccc4c3)c(F)c2)CC1. The van der Waals surface area contributed by atoms with Crippen molar-refractivity contribution < 1.29 is 17.9 Å². The normalized spacial score (nSPS) is 18.2. The molecule has 0 bridgehead atoms. The van der Waals surface area contributed by atoms with Gasteiger partial charge in [-0.1, -0.05) is 49.7 Å². The second-order valence-electron chi connectivity index (χ2n) is 9.10. The lowest BCUT2D eigenvalue weighted by molar-refractivity contribution is 0.155. The number of benzene rings is 3. The van der Waals surface area contributed by atoms with E-state index >= 15 is 0 Å². The van der Waals surface area contributed by atoms with Crippen LogP contribution in [0.4, 0.5) is 13.2 Å². The number of methoxy groups -OCH3 is 1. The molecular formula is C29H29F3O. The molecular weight excluding hydrogens is 421 g/mol. The molecule has 0 heterocycles. The number of rotatable bonds is 6. The fourth-order valence-corrected chi connectivity index (χ4v) is 4.78. The minimum Gasteiger partial charge on any atom is -0.385 e. The molecule has 0 amide bonds.